The number of rotatable bonds is 4. The van der Waals surface area contributed by atoms with Crippen LogP contribution in [0, 0.1) is 0 Å². The summed E-state index contributed by atoms with van der Waals surface area (Å²) in [6.45, 7) is 7.78. The van der Waals surface area contributed by atoms with Gasteiger partial charge in [0, 0.05) is 31.7 Å². The average Bonchev–Trinajstić information content (AvgIpc) is 2.88. The van der Waals surface area contributed by atoms with E-state index in [9.17, 15) is 0 Å². The lowest BCUT2D eigenvalue weighted by molar-refractivity contribution is 0.0118. The second-order valence-electron chi connectivity index (χ2n) is 6.75. The number of benzene rings is 1. The maximum Gasteiger partial charge on any atom is 0.0706 e. The molecule has 0 radical (unpaired) electrons. The molecule has 0 aromatic heterocycles. The third-order valence-corrected chi connectivity index (χ3v) is 4.80. The molecule has 116 valence electrons. The molecule has 2 fully saturated rings. The maximum atomic E-state index is 6.04. The fraction of sp³-hybridized carbons (Fsp3) is 0.667. The SMILES string of the molecule is CC1CN(CC2CCC(C)O2)C(Cc2ccccc2)CN1. The first-order valence-corrected chi connectivity index (χ1v) is 8.37. The van der Waals surface area contributed by atoms with Crippen LogP contribution in [0.5, 0.6) is 0 Å². The Kier molecular flexibility index (Phi) is 4.94. The molecule has 2 aliphatic rings. The van der Waals surface area contributed by atoms with Crippen molar-refractivity contribution in [2.45, 2.75) is 57.4 Å². The highest BCUT2D eigenvalue weighted by atomic mass is 16.5. The van der Waals surface area contributed by atoms with Gasteiger partial charge >= 0.3 is 0 Å². The molecule has 0 spiro atoms. The molecule has 0 bridgehead atoms. The van der Waals surface area contributed by atoms with E-state index in [1.54, 1.807) is 0 Å². The highest BCUT2D eigenvalue weighted by Crippen LogP contribution is 2.22. The molecular weight excluding hydrogens is 260 g/mol. The predicted molar refractivity (Wildman–Crippen MR) is 86.5 cm³/mol. The molecule has 1 aromatic rings. The lowest BCUT2D eigenvalue weighted by atomic mass is 10.0. The van der Waals surface area contributed by atoms with Crippen molar-refractivity contribution in [2.24, 2.45) is 0 Å². The molecule has 3 rings (SSSR count). The van der Waals surface area contributed by atoms with Crippen molar-refractivity contribution in [3.8, 4) is 0 Å². The summed E-state index contributed by atoms with van der Waals surface area (Å²) in [5, 5.41) is 3.63. The Labute approximate surface area is 128 Å². The quantitative estimate of drug-likeness (QED) is 0.921. The van der Waals surface area contributed by atoms with E-state index in [4.69, 9.17) is 4.74 Å². The number of hydrogen-bond donors (Lipinski definition) is 1. The highest BCUT2D eigenvalue weighted by Gasteiger charge is 2.30. The Bertz CT molecular complexity index is 436. The fourth-order valence-electron chi connectivity index (χ4n) is 3.62. The molecule has 2 saturated heterocycles. The normalized spacial score (nSPS) is 34.2. The number of ether oxygens (including phenoxy) is 1. The first kappa shape index (κ1) is 15.0. The summed E-state index contributed by atoms with van der Waals surface area (Å²) in [4.78, 5) is 2.65. The molecule has 2 heterocycles. The average molecular weight is 288 g/mol. The fourth-order valence-corrected chi connectivity index (χ4v) is 3.62. The third kappa shape index (κ3) is 4.06. The molecule has 4 atom stereocenters. The van der Waals surface area contributed by atoms with Gasteiger partial charge in [0.25, 0.3) is 0 Å². The number of piperazine rings is 1. The van der Waals surface area contributed by atoms with Gasteiger partial charge in [0.15, 0.2) is 0 Å². The van der Waals surface area contributed by atoms with Crippen LogP contribution < -0.4 is 5.32 Å². The maximum absolute atomic E-state index is 6.04. The van der Waals surface area contributed by atoms with E-state index in [2.05, 4.69) is 54.4 Å². The summed E-state index contributed by atoms with van der Waals surface area (Å²) in [7, 11) is 0. The summed E-state index contributed by atoms with van der Waals surface area (Å²) in [5.41, 5.74) is 1.43. The van der Waals surface area contributed by atoms with Gasteiger partial charge in [0.2, 0.25) is 0 Å². The summed E-state index contributed by atoms with van der Waals surface area (Å²) in [6.07, 6.45) is 4.45. The summed E-state index contributed by atoms with van der Waals surface area (Å²) in [5.74, 6) is 0. The van der Waals surface area contributed by atoms with Gasteiger partial charge in [-0.2, -0.15) is 0 Å². The van der Waals surface area contributed by atoms with Gasteiger partial charge in [-0.15, -0.1) is 0 Å². The molecule has 3 nitrogen and oxygen atoms in total. The lowest BCUT2D eigenvalue weighted by Crippen LogP contribution is -2.57. The van der Waals surface area contributed by atoms with Crippen LogP contribution >= 0.6 is 0 Å². The van der Waals surface area contributed by atoms with Crippen molar-refractivity contribution in [3.63, 3.8) is 0 Å². The van der Waals surface area contributed by atoms with E-state index < -0.39 is 0 Å². The van der Waals surface area contributed by atoms with Gasteiger partial charge in [-0.05, 0) is 38.7 Å². The number of nitrogens with one attached hydrogen (secondary N) is 1. The van der Waals surface area contributed by atoms with Crippen molar-refractivity contribution in [2.75, 3.05) is 19.6 Å². The molecule has 0 amide bonds. The minimum atomic E-state index is 0.434. The van der Waals surface area contributed by atoms with Crippen LogP contribution in [0.15, 0.2) is 30.3 Å². The van der Waals surface area contributed by atoms with Crippen LogP contribution in [0.25, 0.3) is 0 Å². The zero-order chi connectivity index (χ0) is 14.7. The molecule has 21 heavy (non-hydrogen) atoms. The van der Waals surface area contributed by atoms with E-state index in [0.717, 1.165) is 26.1 Å². The molecule has 2 aliphatic heterocycles. The van der Waals surface area contributed by atoms with Crippen molar-refractivity contribution in [1.29, 1.82) is 0 Å². The third-order valence-electron chi connectivity index (χ3n) is 4.80. The van der Waals surface area contributed by atoms with E-state index in [0.29, 0.717) is 24.3 Å². The van der Waals surface area contributed by atoms with Gasteiger partial charge in [0.05, 0.1) is 12.2 Å². The second-order valence-corrected chi connectivity index (χ2v) is 6.75. The van der Waals surface area contributed by atoms with Gasteiger partial charge in [-0.1, -0.05) is 30.3 Å². The Morgan fingerprint density at radius 2 is 2.00 bits per heavy atom. The first-order valence-electron chi connectivity index (χ1n) is 8.37. The molecule has 1 aromatic carbocycles. The van der Waals surface area contributed by atoms with Crippen LogP contribution in [-0.4, -0.2) is 48.8 Å². The van der Waals surface area contributed by atoms with Crippen LogP contribution in [0.4, 0.5) is 0 Å². The number of nitrogens with zero attached hydrogens (tertiary/aromatic N) is 1. The van der Waals surface area contributed by atoms with Crippen molar-refractivity contribution >= 4 is 0 Å². The Balaban J connectivity index is 1.62. The zero-order valence-electron chi connectivity index (χ0n) is 13.3. The minimum absolute atomic E-state index is 0.434. The summed E-state index contributed by atoms with van der Waals surface area (Å²) < 4.78 is 6.04. The Morgan fingerprint density at radius 3 is 2.71 bits per heavy atom. The van der Waals surface area contributed by atoms with Crippen molar-refractivity contribution < 1.29 is 4.74 Å². The van der Waals surface area contributed by atoms with Gasteiger partial charge < -0.3 is 10.1 Å². The van der Waals surface area contributed by atoms with E-state index in [1.807, 2.05) is 0 Å². The molecule has 4 unspecified atom stereocenters. The van der Waals surface area contributed by atoms with E-state index >= 15 is 0 Å². The van der Waals surface area contributed by atoms with Gasteiger partial charge in [-0.3, -0.25) is 4.90 Å². The van der Waals surface area contributed by atoms with Crippen LogP contribution in [-0.2, 0) is 11.2 Å². The van der Waals surface area contributed by atoms with E-state index in [-0.39, 0.29) is 0 Å². The lowest BCUT2D eigenvalue weighted by Gasteiger charge is -2.40. The smallest absolute Gasteiger partial charge is 0.0706 e. The highest BCUT2D eigenvalue weighted by molar-refractivity contribution is 5.16. The van der Waals surface area contributed by atoms with Crippen LogP contribution in [0.3, 0.4) is 0 Å². The van der Waals surface area contributed by atoms with Crippen LogP contribution in [0.2, 0.25) is 0 Å². The van der Waals surface area contributed by atoms with Gasteiger partial charge in [0.1, 0.15) is 0 Å². The standard InChI is InChI=1S/C18H28N2O/c1-14-12-20(13-18-9-8-15(2)21-18)17(11-19-14)10-16-6-4-3-5-7-16/h3-7,14-15,17-19H,8-13H2,1-2H3. The van der Waals surface area contributed by atoms with Gasteiger partial charge in [-0.25, -0.2) is 0 Å². The monoisotopic (exact) mass is 288 g/mol. The molecule has 0 aliphatic carbocycles. The minimum Gasteiger partial charge on any atom is -0.374 e. The number of hydrogen-bond acceptors (Lipinski definition) is 3. The summed E-state index contributed by atoms with van der Waals surface area (Å²) >= 11 is 0. The Morgan fingerprint density at radius 1 is 1.19 bits per heavy atom. The zero-order valence-corrected chi connectivity index (χ0v) is 13.3. The largest absolute Gasteiger partial charge is 0.374 e. The topological polar surface area (TPSA) is 24.5 Å². The molecule has 0 saturated carbocycles. The Hall–Kier alpha value is -0.900. The molecule has 3 heteroatoms. The van der Waals surface area contributed by atoms with E-state index in [1.165, 1.54) is 18.4 Å². The second kappa shape index (κ2) is 6.91. The first-order chi connectivity index (χ1) is 10.2. The molecular formula is C18H28N2O. The van der Waals surface area contributed by atoms with Crippen molar-refractivity contribution in [3.05, 3.63) is 35.9 Å². The molecule has 1 N–H and O–H groups in total. The van der Waals surface area contributed by atoms with Crippen molar-refractivity contribution in [1.82, 2.24) is 10.2 Å². The van der Waals surface area contributed by atoms with Crippen LogP contribution in [0.1, 0.15) is 32.3 Å². The predicted octanol–water partition coefficient (Wildman–Crippen LogP) is 2.46. The summed E-state index contributed by atoms with van der Waals surface area (Å²) in [6, 6.07) is 12.0.